The number of amides is 1. The Hall–Kier alpha value is -1.59. The maximum atomic E-state index is 11.6. The molecule has 0 atom stereocenters. The van der Waals surface area contributed by atoms with Crippen molar-refractivity contribution in [1.29, 1.82) is 0 Å². The quantitative estimate of drug-likeness (QED) is 0.548. The van der Waals surface area contributed by atoms with Crippen molar-refractivity contribution in [2.24, 2.45) is 5.92 Å². The molecule has 0 fully saturated rings. The SMILES string of the molecule is CC(C)CCOCCC(=O)NCCOCCNc1ccccc1. The minimum atomic E-state index is 0.0144. The maximum Gasteiger partial charge on any atom is 0.222 e. The van der Waals surface area contributed by atoms with E-state index < -0.39 is 0 Å². The van der Waals surface area contributed by atoms with Crippen molar-refractivity contribution in [1.82, 2.24) is 5.32 Å². The Morgan fingerprint density at radius 1 is 1.00 bits per heavy atom. The van der Waals surface area contributed by atoms with Crippen molar-refractivity contribution < 1.29 is 14.3 Å². The van der Waals surface area contributed by atoms with Crippen molar-refractivity contribution in [3.63, 3.8) is 0 Å². The average molecular weight is 322 g/mol. The molecule has 2 N–H and O–H groups in total. The van der Waals surface area contributed by atoms with Gasteiger partial charge in [-0.05, 0) is 24.5 Å². The number of anilines is 1. The molecule has 0 bridgehead atoms. The first-order valence-electron chi connectivity index (χ1n) is 8.39. The Bertz CT molecular complexity index is 410. The highest BCUT2D eigenvalue weighted by Crippen LogP contribution is 2.03. The van der Waals surface area contributed by atoms with Crippen LogP contribution in [0.4, 0.5) is 5.69 Å². The standard InChI is InChI=1S/C18H30N2O3/c1-16(2)8-12-22-13-9-18(21)20-11-15-23-14-10-19-17-6-4-3-5-7-17/h3-7,16,19H,8-15H2,1-2H3,(H,20,21). The Morgan fingerprint density at radius 2 is 1.70 bits per heavy atom. The lowest BCUT2D eigenvalue weighted by Crippen LogP contribution is -2.28. The van der Waals surface area contributed by atoms with Crippen LogP contribution in [0.25, 0.3) is 0 Å². The van der Waals surface area contributed by atoms with E-state index in [0.29, 0.717) is 38.7 Å². The summed E-state index contributed by atoms with van der Waals surface area (Å²) in [4.78, 5) is 11.6. The van der Waals surface area contributed by atoms with E-state index in [0.717, 1.165) is 25.3 Å². The average Bonchev–Trinajstić information content (AvgIpc) is 2.54. The minimum absolute atomic E-state index is 0.0144. The molecule has 0 aliphatic heterocycles. The van der Waals surface area contributed by atoms with Crippen LogP contribution in [-0.4, -0.2) is 45.4 Å². The van der Waals surface area contributed by atoms with Gasteiger partial charge in [-0.15, -0.1) is 0 Å². The molecule has 23 heavy (non-hydrogen) atoms. The number of rotatable bonds is 13. The van der Waals surface area contributed by atoms with Crippen molar-refractivity contribution in [2.75, 3.05) is 44.8 Å². The largest absolute Gasteiger partial charge is 0.383 e. The zero-order chi connectivity index (χ0) is 16.8. The number of carbonyl (C=O) groups excluding carboxylic acids is 1. The molecule has 0 radical (unpaired) electrons. The third-order valence-electron chi connectivity index (χ3n) is 3.23. The summed E-state index contributed by atoms with van der Waals surface area (Å²) < 4.78 is 10.9. The summed E-state index contributed by atoms with van der Waals surface area (Å²) in [6.45, 7) is 7.96. The Balaban J connectivity index is 1.85. The van der Waals surface area contributed by atoms with Crippen LogP contribution in [-0.2, 0) is 14.3 Å². The fourth-order valence-electron chi connectivity index (χ4n) is 1.86. The van der Waals surface area contributed by atoms with E-state index in [1.807, 2.05) is 30.3 Å². The monoisotopic (exact) mass is 322 g/mol. The van der Waals surface area contributed by atoms with Gasteiger partial charge in [0.2, 0.25) is 5.91 Å². The summed E-state index contributed by atoms with van der Waals surface area (Å²) >= 11 is 0. The van der Waals surface area contributed by atoms with Crippen LogP contribution in [0.1, 0.15) is 26.7 Å². The first-order valence-corrected chi connectivity index (χ1v) is 8.39. The van der Waals surface area contributed by atoms with E-state index >= 15 is 0 Å². The predicted octanol–water partition coefficient (Wildman–Crippen LogP) is 2.68. The summed E-state index contributed by atoms with van der Waals surface area (Å²) in [5.74, 6) is 0.651. The molecule has 5 heteroatoms. The normalized spacial score (nSPS) is 10.7. The molecule has 1 amide bonds. The van der Waals surface area contributed by atoms with Gasteiger partial charge < -0.3 is 20.1 Å². The molecule has 1 aromatic rings. The fraction of sp³-hybridized carbons (Fsp3) is 0.611. The van der Waals surface area contributed by atoms with Gasteiger partial charge in [0.25, 0.3) is 0 Å². The van der Waals surface area contributed by atoms with Crippen LogP contribution >= 0.6 is 0 Å². The van der Waals surface area contributed by atoms with Gasteiger partial charge in [-0.1, -0.05) is 32.0 Å². The molecule has 0 aliphatic rings. The zero-order valence-electron chi connectivity index (χ0n) is 14.3. The topological polar surface area (TPSA) is 59.6 Å². The molecular formula is C18H30N2O3. The highest BCUT2D eigenvalue weighted by Gasteiger charge is 2.01. The number of benzene rings is 1. The number of nitrogens with one attached hydrogen (secondary N) is 2. The molecule has 0 aromatic heterocycles. The molecular weight excluding hydrogens is 292 g/mol. The van der Waals surface area contributed by atoms with Gasteiger partial charge in [0.1, 0.15) is 0 Å². The molecule has 130 valence electrons. The molecule has 1 aromatic carbocycles. The summed E-state index contributed by atoms with van der Waals surface area (Å²) in [6, 6.07) is 10.0. The number of carbonyl (C=O) groups is 1. The smallest absolute Gasteiger partial charge is 0.222 e. The number of hydrogen-bond acceptors (Lipinski definition) is 4. The van der Waals surface area contributed by atoms with Crippen molar-refractivity contribution in [2.45, 2.75) is 26.7 Å². The molecule has 1 rings (SSSR count). The summed E-state index contributed by atoms with van der Waals surface area (Å²) in [7, 11) is 0. The molecule has 5 nitrogen and oxygen atoms in total. The minimum Gasteiger partial charge on any atom is -0.383 e. The molecule has 0 saturated heterocycles. The first kappa shape index (κ1) is 19.5. The van der Waals surface area contributed by atoms with Crippen molar-refractivity contribution >= 4 is 11.6 Å². The predicted molar refractivity (Wildman–Crippen MR) is 93.7 cm³/mol. The van der Waals surface area contributed by atoms with Crippen molar-refractivity contribution in [3.05, 3.63) is 30.3 Å². The second kappa shape index (κ2) is 12.9. The molecule has 0 spiro atoms. The van der Waals surface area contributed by atoms with Crippen LogP contribution in [0.2, 0.25) is 0 Å². The Labute approximate surface area is 139 Å². The van der Waals surface area contributed by atoms with Crippen LogP contribution in [0.5, 0.6) is 0 Å². The van der Waals surface area contributed by atoms with Crippen molar-refractivity contribution in [3.8, 4) is 0 Å². The van der Waals surface area contributed by atoms with Crippen LogP contribution in [0.15, 0.2) is 30.3 Å². The lowest BCUT2D eigenvalue weighted by molar-refractivity contribution is -0.122. The number of ether oxygens (including phenoxy) is 2. The third kappa shape index (κ3) is 11.6. The highest BCUT2D eigenvalue weighted by molar-refractivity contribution is 5.75. The maximum absolute atomic E-state index is 11.6. The van der Waals surface area contributed by atoms with Gasteiger partial charge in [-0.25, -0.2) is 0 Å². The van der Waals surface area contributed by atoms with Gasteiger partial charge in [-0.2, -0.15) is 0 Å². The summed E-state index contributed by atoms with van der Waals surface area (Å²) in [6.07, 6.45) is 1.44. The number of para-hydroxylation sites is 1. The Kier molecular flexibility index (Phi) is 10.9. The van der Waals surface area contributed by atoms with Gasteiger partial charge in [0.15, 0.2) is 0 Å². The second-order valence-corrected chi connectivity index (χ2v) is 5.80. The van der Waals surface area contributed by atoms with E-state index in [9.17, 15) is 4.79 Å². The van der Waals surface area contributed by atoms with E-state index in [1.54, 1.807) is 0 Å². The van der Waals surface area contributed by atoms with Crippen LogP contribution < -0.4 is 10.6 Å². The summed E-state index contributed by atoms with van der Waals surface area (Å²) in [5.41, 5.74) is 1.09. The first-order chi connectivity index (χ1) is 11.2. The van der Waals surface area contributed by atoms with Gasteiger partial charge in [-0.3, -0.25) is 4.79 Å². The lowest BCUT2D eigenvalue weighted by atomic mass is 10.1. The van der Waals surface area contributed by atoms with E-state index in [-0.39, 0.29) is 5.91 Å². The van der Waals surface area contributed by atoms with E-state index in [4.69, 9.17) is 9.47 Å². The lowest BCUT2D eigenvalue weighted by Gasteiger charge is -2.09. The highest BCUT2D eigenvalue weighted by atomic mass is 16.5. The van der Waals surface area contributed by atoms with Gasteiger partial charge in [0.05, 0.1) is 19.8 Å². The zero-order valence-corrected chi connectivity index (χ0v) is 14.3. The van der Waals surface area contributed by atoms with Crippen LogP contribution in [0, 0.1) is 5.92 Å². The van der Waals surface area contributed by atoms with Gasteiger partial charge in [0, 0.05) is 31.8 Å². The van der Waals surface area contributed by atoms with E-state index in [2.05, 4.69) is 24.5 Å². The third-order valence-corrected chi connectivity index (χ3v) is 3.23. The van der Waals surface area contributed by atoms with E-state index in [1.165, 1.54) is 0 Å². The summed E-state index contributed by atoms with van der Waals surface area (Å²) in [5, 5.41) is 6.09. The molecule has 0 heterocycles. The fourth-order valence-corrected chi connectivity index (χ4v) is 1.86. The van der Waals surface area contributed by atoms with Gasteiger partial charge >= 0.3 is 0 Å². The molecule has 0 saturated carbocycles. The number of hydrogen-bond donors (Lipinski definition) is 2. The Morgan fingerprint density at radius 3 is 2.43 bits per heavy atom. The molecule has 0 unspecified atom stereocenters. The van der Waals surface area contributed by atoms with Crippen LogP contribution in [0.3, 0.4) is 0 Å². The molecule has 0 aliphatic carbocycles. The second-order valence-electron chi connectivity index (χ2n) is 5.80.